The van der Waals surface area contributed by atoms with Crippen LogP contribution in [0.25, 0.3) is 5.70 Å². The first kappa shape index (κ1) is 17.0. The number of carboxylic acid groups (broad SMARTS) is 1. The van der Waals surface area contributed by atoms with Gasteiger partial charge in [-0.05, 0) is 43.7 Å². The summed E-state index contributed by atoms with van der Waals surface area (Å²) in [5.74, 6) is 0. The molecular formula is C17H23N3O3. The number of nitrogens with zero attached hydrogens (tertiary/aromatic N) is 2. The summed E-state index contributed by atoms with van der Waals surface area (Å²) < 4.78 is 0. The van der Waals surface area contributed by atoms with E-state index in [0.29, 0.717) is 18.7 Å². The number of rotatable bonds is 9. The van der Waals surface area contributed by atoms with Gasteiger partial charge in [0.25, 0.3) is 0 Å². The van der Waals surface area contributed by atoms with Gasteiger partial charge in [-0.3, -0.25) is 9.78 Å². The summed E-state index contributed by atoms with van der Waals surface area (Å²) in [4.78, 5) is 27.9. The van der Waals surface area contributed by atoms with Crippen molar-refractivity contribution in [2.45, 2.75) is 45.1 Å². The Kier molecular flexibility index (Phi) is 5.73. The van der Waals surface area contributed by atoms with Crippen molar-refractivity contribution in [1.82, 2.24) is 15.2 Å². The van der Waals surface area contributed by atoms with E-state index < -0.39 is 6.09 Å². The van der Waals surface area contributed by atoms with Crippen LogP contribution in [-0.2, 0) is 17.6 Å². The van der Waals surface area contributed by atoms with Crippen LogP contribution < -0.4 is 5.32 Å². The second kappa shape index (κ2) is 7.76. The lowest BCUT2D eigenvalue weighted by Crippen LogP contribution is -2.23. The monoisotopic (exact) mass is 317 g/mol. The van der Waals surface area contributed by atoms with Gasteiger partial charge in [-0.2, -0.15) is 0 Å². The maximum atomic E-state index is 11.3. The number of amides is 2. The van der Waals surface area contributed by atoms with Gasteiger partial charge in [0.2, 0.25) is 6.41 Å². The summed E-state index contributed by atoms with van der Waals surface area (Å²) in [5, 5.41) is 11.0. The van der Waals surface area contributed by atoms with E-state index in [2.05, 4.69) is 16.9 Å². The molecule has 1 aliphatic carbocycles. The molecule has 1 fully saturated rings. The molecule has 0 atom stereocenters. The highest BCUT2D eigenvalue weighted by Gasteiger charge is 2.30. The molecule has 0 spiro atoms. The summed E-state index contributed by atoms with van der Waals surface area (Å²) in [5.41, 5.74) is 3.62. The predicted octanol–water partition coefficient (Wildman–Crippen LogP) is 2.44. The predicted molar refractivity (Wildman–Crippen MR) is 87.9 cm³/mol. The highest BCUT2D eigenvalue weighted by molar-refractivity contribution is 5.73. The van der Waals surface area contributed by atoms with Crippen molar-refractivity contribution in [2.24, 2.45) is 0 Å². The van der Waals surface area contributed by atoms with Crippen molar-refractivity contribution in [3.63, 3.8) is 0 Å². The molecule has 23 heavy (non-hydrogen) atoms. The number of hydrogen-bond acceptors (Lipinski definition) is 3. The second-order valence-corrected chi connectivity index (χ2v) is 5.71. The Labute approximate surface area is 136 Å². The number of hydrogen-bond donors (Lipinski definition) is 2. The molecule has 1 aromatic heterocycles. The van der Waals surface area contributed by atoms with Crippen molar-refractivity contribution in [1.29, 1.82) is 0 Å². The lowest BCUT2D eigenvalue weighted by molar-refractivity contribution is -0.115. The summed E-state index contributed by atoms with van der Waals surface area (Å²) >= 11 is 0. The number of carbonyl (C=O) groups is 2. The average Bonchev–Trinajstić information content (AvgIpc) is 3.36. The molecule has 0 saturated heterocycles. The third kappa shape index (κ3) is 4.55. The summed E-state index contributed by atoms with van der Waals surface area (Å²) in [6, 6.07) is 2.29. The fraction of sp³-hybridized carbons (Fsp3) is 0.471. The van der Waals surface area contributed by atoms with E-state index in [9.17, 15) is 9.59 Å². The Hall–Kier alpha value is -2.37. The van der Waals surface area contributed by atoms with Crippen molar-refractivity contribution >= 4 is 18.2 Å². The Morgan fingerprint density at radius 1 is 1.57 bits per heavy atom. The molecule has 2 N–H and O–H groups in total. The fourth-order valence-corrected chi connectivity index (χ4v) is 2.58. The first-order chi connectivity index (χ1) is 11.1. The fourth-order valence-electron chi connectivity index (χ4n) is 2.58. The van der Waals surface area contributed by atoms with Crippen molar-refractivity contribution in [2.75, 3.05) is 6.54 Å². The number of aryl methyl sites for hydroxylation is 2. The Bertz CT molecular complexity index is 597. The SMILES string of the molecule is C=C(c1cnc(CC)c(CCCNC(=O)O)c1)N(C=O)C1CC1. The Morgan fingerprint density at radius 2 is 2.30 bits per heavy atom. The highest BCUT2D eigenvalue weighted by atomic mass is 16.4. The summed E-state index contributed by atoms with van der Waals surface area (Å²) in [7, 11) is 0. The molecule has 0 aliphatic heterocycles. The van der Waals surface area contributed by atoms with E-state index in [1.807, 2.05) is 13.0 Å². The Balaban J connectivity index is 2.09. The normalized spacial score (nSPS) is 13.4. The lowest BCUT2D eigenvalue weighted by atomic mass is 10.0. The van der Waals surface area contributed by atoms with E-state index in [1.54, 1.807) is 11.1 Å². The van der Waals surface area contributed by atoms with Crippen LogP contribution in [0.3, 0.4) is 0 Å². The lowest BCUT2D eigenvalue weighted by Gasteiger charge is -2.20. The molecule has 2 rings (SSSR count). The minimum atomic E-state index is -1.01. The molecule has 1 aliphatic rings. The van der Waals surface area contributed by atoms with E-state index in [-0.39, 0.29) is 6.04 Å². The van der Waals surface area contributed by atoms with Gasteiger partial charge in [-0.1, -0.05) is 13.5 Å². The number of carbonyl (C=O) groups excluding carboxylic acids is 1. The van der Waals surface area contributed by atoms with Crippen LogP contribution in [0.4, 0.5) is 4.79 Å². The largest absolute Gasteiger partial charge is 0.465 e. The van der Waals surface area contributed by atoms with Crippen LogP contribution in [0.5, 0.6) is 0 Å². The summed E-state index contributed by atoms with van der Waals surface area (Å²) in [6.07, 6.45) is 5.89. The minimum Gasteiger partial charge on any atom is -0.465 e. The number of nitrogens with one attached hydrogen (secondary N) is 1. The molecule has 0 radical (unpaired) electrons. The van der Waals surface area contributed by atoms with Crippen LogP contribution in [0.1, 0.15) is 43.0 Å². The van der Waals surface area contributed by atoms with Crippen molar-refractivity contribution in [3.05, 3.63) is 35.7 Å². The molecule has 1 saturated carbocycles. The first-order valence-corrected chi connectivity index (χ1v) is 7.94. The van der Waals surface area contributed by atoms with E-state index in [0.717, 1.165) is 48.9 Å². The maximum Gasteiger partial charge on any atom is 0.404 e. The molecule has 0 unspecified atom stereocenters. The van der Waals surface area contributed by atoms with Gasteiger partial charge >= 0.3 is 6.09 Å². The second-order valence-electron chi connectivity index (χ2n) is 5.71. The zero-order chi connectivity index (χ0) is 16.8. The van der Waals surface area contributed by atoms with Crippen LogP contribution in [0.15, 0.2) is 18.8 Å². The number of aromatic nitrogens is 1. The average molecular weight is 317 g/mol. The van der Waals surface area contributed by atoms with Gasteiger partial charge < -0.3 is 15.3 Å². The molecular weight excluding hydrogens is 294 g/mol. The molecule has 6 nitrogen and oxygen atoms in total. The highest BCUT2D eigenvalue weighted by Crippen LogP contribution is 2.32. The quantitative estimate of drug-likeness (QED) is 0.541. The van der Waals surface area contributed by atoms with E-state index in [4.69, 9.17) is 5.11 Å². The first-order valence-electron chi connectivity index (χ1n) is 7.94. The third-order valence-corrected chi connectivity index (χ3v) is 3.99. The smallest absolute Gasteiger partial charge is 0.404 e. The van der Waals surface area contributed by atoms with Crippen LogP contribution in [-0.4, -0.2) is 40.1 Å². The molecule has 1 aromatic rings. The minimum absolute atomic E-state index is 0.272. The maximum absolute atomic E-state index is 11.3. The Morgan fingerprint density at radius 3 is 2.87 bits per heavy atom. The zero-order valence-electron chi connectivity index (χ0n) is 13.4. The van der Waals surface area contributed by atoms with Gasteiger partial charge in [0.15, 0.2) is 0 Å². The van der Waals surface area contributed by atoms with Crippen LogP contribution >= 0.6 is 0 Å². The van der Waals surface area contributed by atoms with Gasteiger partial charge in [0.05, 0.1) is 0 Å². The van der Waals surface area contributed by atoms with Crippen molar-refractivity contribution < 1.29 is 14.7 Å². The topological polar surface area (TPSA) is 82.5 Å². The number of pyridine rings is 1. The zero-order valence-corrected chi connectivity index (χ0v) is 13.4. The summed E-state index contributed by atoms with van der Waals surface area (Å²) in [6.45, 7) is 6.49. The van der Waals surface area contributed by atoms with Crippen molar-refractivity contribution in [3.8, 4) is 0 Å². The van der Waals surface area contributed by atoms with Gasteiger partial charge in [-0.25, -0.2) is 4.79 Å². The standard InChI is InChI=1S/C17H23N3O3/c1-3-16-13(5-4-8-18-17(22)23)9-14(10-19-16)12(2)20(11-21)15-6-7-15/h9-11,15,18H,2-8H2,1H3,(H,22,23). The van der Waals surface area contributed by atoms with Crippen LogP contribution in [0, 0.1) is 0 Å². The molecule has 0 aromatic carbocycles. The third-order valence-electron chi connectivity index (χ3n) is 3.99. The van der Waals surface area contributed by atoms with Gasteiger partial charge in [0.1, 0.15) is 0 Å². The molecule has 6 heteroatoms. The molecule has 1 heterocycles. The van der Waals surface area contributed by atoms with Gasteiger partial charge in [-0.15, -0.1) is 0 Å². The van der Waals surface area contributed by atoms with E-state index in [1.165, 1.54) is 0 Å². The molecule has 124 valence electrons. The van der Waals surface area contributed by atoms with Gasteiger partial charge in [0, 0.05) is 35.7 Å². The van der Waals surface area contributed by atoms with E-state index >= 15 is 0 Å². The molecule has 0 bridgehead atoms. The van der Waals surface area contributed by atoms with Crippen LogP contribution in [0.2, 0.25) is 0 Å². The molecule has 2 amide bonds.